The summed E-state index contributed by atoms with van der Waals surface area (Å²) in [4.78, 5) is 10.5. The van der Waals surface area contributed by atoms with Crippen molar-refractivity contribution >= 4 is 15.4 Å². The maximum Gasteiger partial charge on any atom is 0.148 e. The van der Waals surface area contributed by atoms with Crippen LogP contribution in [0.4, 0.5) is 0 Å². The van der Waals surface area contributed by atoms with Crippen LogP contribution in [-0.4, -0.2) is 66.1 Å². The highest BCUT2D eigenvalue weighted by molar-refractivity contribution is 7.90. The molecule has 0 amide bonds. The molecule has 2 fully saturated rings. The van der Waals surface area contributed by atoms with Gasteiger partial charge in [-0.15, -0.1) is 0 Å². The van der Waals surface area contributed by atoms with Gasteiger partial charge in [0, 0.05) is 31.9 Å². The zero-order chi connectivity index (χ0) is 24.6. The lowest BCUT2D eigenvalue weighted by molar-refractivity contribution is 0.276. The maximum atomic E-state index is 11.4. The molecule has 190 valence electrons. The number of phenolic OH excluding ortho intramolecular Hbond substituents is 1. The molecule has 1 aromatic carbocycles. The number of benzene rings is 1. The molecule has 0 spiro atoms. The summed E-state index contributed by atoms with van der Waals surface area (Å²) in [5.74, 6) is 2.53. The first kappa shape index (κ1) is 24.5. The van der Waals surface area contributed by atoms with Crippen molar-refractivity contribution in [3.05, 3.63) is 53.1 Å². The number of aromatic hydroxyl groups is 1. The normalized spacial score (nSPS) is 27.5. The predicted molar refractivity (Wildman–Crippen MR) is 138 cm³/mol. The second kappa shape index (κ2) is 10.0. The van der Waals surface area contributed by atoms with Crippen molar-refractivity contribution < 1.29 is 13.5 Å². The van der Waals surface area contributed by atoms with Crippen LogP contribution in [0.2, 0.25) is 0 Å². The van der Waals surface area contributed by atoms with Gasteiger partial charge in [0.15, 0.2) is 0 Å². The first-order valence-electron chi connectivity index (χ1n) is 12.8. The lowest BCUT2D eigenvalue weighted by Gasteiger charge is -2.33. The molecule has 4 N–H and O–H groups in total. The number of hydrazine groups is 1. The predicted octanol–water partition coefficient (Wildman–Crippen LogP) is 2.91. The summed E-state index contributed by atoms with van der Waals surface area (Å²) >= 11 is 0. The fourth-order valence-corrected chi connectivity index (χ4v) is 6.61. The Balaban J connectivity index is 1.21. The third-order valence-corrected chi connectivity index (χ3v) is 8.94. The van der Waals surface area contributed by atoms with E-state index in [2.05, 4.69) is 39.8 Å². The van der Waals surface area contributed by atoms with Crippen LogP contribution in [0.1, 0.15) is 67.2 Å². The first-order valence-corrected chi connectivity index (χ1v) is 14.8. The number of hydrogen-bond acceptors (Lipinski definition) is 7. The highest BCUT2D eigenvalue weighted by Gasteiger charge is 2.42. The van der Waals surface area contributed by atoms with Crippen molar-refractivity contribution in [1.82, 2.24) is 25.7 Å². The Morgan fingerprint density at radius 2 is 2.09 bits per heavy atom. The van der Waals surface area contributed by atoms with E-state index in [1.165, 1.54) is 23.0 Å². The minimum absolute atomic E-state index is 0.163. The Hall–Kier alpha value is -2.20. The van der Waals surface area contributed by atoms with E-state index in [4.69, 9.17) is 4.98 Å². The Morgan fingerprint density at radius 1 is 1.23 bits per heavy atom. The molecule has 0 radical (unpaired) electrons. The molecule has 2 aromatic rings. The van der Waals surface area contributed by atoms with Crippen LogP contribution < -0.4 is 10.9 Å². The van der Waals surface area contributed by atoms with Gasteiger partial charge < -0.3 is 10.1 Å². The number of H-pyrrole nitrogens is 1. The molecule has 9 heteroatoms. The van der Waals surface area contributed by atoms with E-state index in [1.807, 2.05) is 18.3 Å². The molecule has 4 unspecified atom stereocenters. The first-order chi connectivity index (χ1) is 16.8. The average Bonchev–Trinajstić information content (AvgIpc) is 3.49. The quantitative estimate of drug-likeness (QED) is 0.464. The van der Waals surface area contributed by atoms with Gasteiger partial charge in [-0.1, -0.05) is 19.1 Å². The Labute approximate surface area is 208 Å². The summed E-state index contributed by atoms with van der Waals surface area (Å²) in [5, 5.41) is 9.88. The fraction of sp³-hybridized carbons (Fsp3) is 0.577. The molecule has 1 aromatic heterocycles. The largest absolute Gasteiger partial charge is 0.508 e. The van der Waals surface area contributed by atoms with Crippen molar-refractivity contribution in [2.45, 2.75) is 57.0 Å². The number of aromatic amines is 1. The van der Waals surface area contributed by atoms with Crippen molar-refractivity contribution in [3.8, 4) is 5.75 Å². The van der Waals surface area contributed by atoms with Crippen LogP contribution in [0.25, 0.3) is 5.57 Å². The number of hydrogen-bond donors (Lipinski definition) is 4. The minimum atomic E-state index is -2.93. The monoisotopic (exact) mass is 499 g/mol. The lowest BCUT2D eigenvalue weighted by atomic mass is 9.73. The molecule has 5 rings (SSSR count). The van der Waals surface area contributed by atoms with Crippen molar-refractivity contribution in [3.63, 3.8) is 0 Å². The molecule has 1 saturated carbocycles. The van der Waals surface area contributed by atoms with Gasteiger partial charge in [0.1, 0.15) is 21.4 Å². The molecule has 4 atom stereocenters. The van der Waals surface area contributed by atoms with Gasteiger partial charge in [0.2, 0.25) is 0 Å². The number of aromatic nitrogens is 2. The summed E-state index contributed by atoms with van der Waals surface area (Å²) < 4.78 is 22.9. The van der Waals surface area contributed by atoms with E-state index in [-0.39, 0.29) is 11.8 Å². The number of imidazole rings is 1. The number of phenols is 1. The Bertz CT molecular complexity index is 1190. The lowest BCUT2D eigenvalue weighted by Crippen LogP contribution is -2.35. The molecule has 2 aliphatic heterocycles. The molecule has 1 aliphatic carbocycles. The average molecular weight is 500 g/mol. The fourth-order valence-electron chi connectivity index (χ4n) is 6.02. The minimum Gasteiger partial charge on any atom is -0.508 e. The van der Waals surface area contributed by atoms with Crippen LogP contribution in [-0.2, 0) is 16.3 Å². The molecular weight excluding hydrogens is 462 g/mol. The van der Waals surface area contributed by atoms with Gasteiger partial charge in [0.05, 0.1) is 23.7 Å². The summed E-state index contributed by atoms with van der Waals surface area (Å²) in [6, 6.07) is 6.40. The van der Waals surface area contributed by atoms with E-state index < -0.39 is 9.84 Å². The standard InChI is InChI=1S/C26H37N5O3S/c1-3-17-14-20(32)5-7-21(17)19-4-6-22-23(15-19)29-30-25(22)26-27-16-24(28-26)18-8-10-31(11-9-18)12-13-35(2,33)34/h5,7-8,14,16,19,22-23,25,29-30,32H,3-4,6,9-13,15H2,1-2H3,(H,27,28). The van der Waals surface area contributed by atoms with E-state index in [0.717, 1.165) is 56.7 Å². The third kappa shape index (κ3) is 5.48. The molecule has 0 bridgehead atoms. The highest BCUT2D eigenvalue weighted by atomic mass is 32.2. The van der Waals surface area contributed by atoms with Gasteiger partial charge in [-0.25, -0.2) is 18.8 Å². The van der Waals surface area contributed by atoms with Gasteiger partial charge in [0.25, 0.3) is 0 Å². The summed E-state index contributed by atoms with van der Waals surface area (Å²) in [7, 11) is -2.93. The molecule has 3 heterocycles. The van der Waals surface area contributed by atoms with E-state index in [0.29, 0.717) is 30.2 Å². The molecule has 8 nitrogen and oxygen atoms in total. The van der Waals surface area contributed by atoms with Crippen LogP contribution in [0.15, 0.2) is 30.5 Å². The van der Waals surface area contributed by atoms with Crippen molar-refractivity contribution in [2.24, 2.45) is 5.92 Å². The Morgan fingerprint density at radius 3 is 2.83 bits per heavy atom. The van der Waals surface area contributed by atoms with Crippen molar-refractivity contribution in [2.75, 3.05) is 31.6 Å². The highest BCUT2D eigenvalue weighted by Crippen LogP contribution is 2.44. The number of nitrogens with one attached hydrogen (secondary N) is 3. The number of aryl methyl sites for hydroxylation is 1. The van der Waals surface area contributed by atoms with E-state index in [1.54, 1.807) is 0 Å². The number of sulfone groups is 1. The number of fused-ring (bicyclic) bond motifs is 1. The molecular formula is C26H37N5O3S. The van der Waals surface area contributed by atoms with Crippen LogP contribution >= 0.6 is 0 Å². The zero-order valence-corrected chi connectivity index (χ0v) is 21.4. The second-order valence-corrected chi connectivity index (χ2v) is 12.6. The summed E-state index contributed by atoms with van der Waals surface area (Å²) in [6.45, 7) is 4.37. The van der Waals surface area contributed by atoms with E-state index >= 15 is 0 Å². The van der Waals surface area contributed by atoms with Gasteiger partial charge in [-0.3, -0.25) is 10.3 Å². The third-order valence-electron chi connectivity index (χ3n) is 8.01. The summed E-state index contributed by atoms with van der Waals surface area (Å²) in [5.41, 5.74) is 12.0. The molecule has 35 heavy (non-hydrogen) atoms. The van der Waals surface area contributed by atoms with Crippen molar-refractivity contribution in [1.29, 1.82) is 0 Å². The van der Waals surface area contributed by atoms with Crippen LogP contribution in [0.3, 0.4) is 0 Å². The van der Waals surface area contributed by atoms with Gasteiger partial charge >= 0.3 is 0 Å². The molecule has 3 aliphatic rings. The summed E-state index contributed by atoms with van der Waals surface area (Å²) in [6.07, 6.45) is 10.6. The van der Waals surface area contributed by atoms with Crippen LogP contribution in [0, 0.1) is 5.92 Å². The van der Waals surface area contributed by atoms with Gasteiger partial charge in [-0.05, 0) is 72.8 Å². The maximum absolute atomic E-state index is 11.4. The zero-order valence-electron chi connectivity index (χ0n) is 20.6. The SMILES string of the molecule is CCc1cc(O)ccc1C1CCC2C(C1)NNC2c1ncc(C2=CCN(CCS(C)(=O)=O)CC2)[nH]1. The number of nitrogens with zero attached hydrogens (tertiary/aromatic N) is 2. The van der Waals surface area contributed by atoms with E-state index in [9.17, 15) is 13.5 Å². The Kier molecular flexibility index (Phi) is 7.03. The van der Waals surface area contributed by atoms with Crippen LogP contribution in [0.5, 0.6) is 5.75 Å². The smallest absolute Gasteiger partial charge is 0.148 e. The number of rotatable bonds is 7. The second-order valence-electron chi connectivity index (χ2n) is 10.4. The van der Waals surface area contributed by atoms with Gasteiger partial charge in [-0.2, -0.15) is 0 Å². The topological polar surface area (TPSA) is 110 Å². The molecule has 1 saturated heterocycles.